The first kappa shape index (κ1) is 16.7. The second kappa shape index (κ2) is 6.04. The van der Waals surface area contributed by atoms with Crippen LogP contribution in [-0.4, -0.2) is 38.9 Å². The van der Waals surface area contributed by atoms with E-state index in [-0.39, 0.29) is 24.1 Å². The fraction of sp³-hybridized carbons (Fsp3) is 0.750. The van der Waals surface area contributed by atoms with Crippen molar-refractivity contribution in [1.82, 2.24) is 14.7 Å². The van der Waals surface area contributed by atoms with E-state index in [0.29, 0.717) is 25.9 Å². The molecule has 4 nitrogen and oxygen atoms in total. The van der Waals surface area contributed by atoms with Crippen LogP contribution in [0.2, 0.25) is 0 Å². The zero-order valence-electron chi connectivity index (χ0n) is 13.3. The van der Waals surface area contributed by atoms with E-state index in [2.05, 4.69) is 5.10 Å². The van der Waals surface area contributed by atoms with Gasteiger partial charge in [-0.1, -0.05) is 0 Å². The zero-order chi connectivity index (χ0) is 16.7. The SMILES string of the molecule is Cn1cc(CN(CC2CCC3(CC2)CC3(F)F)C(=O)CCl)cn1. The Kier molecular flexibility index (Phi) is 4.38. The van der Waals surface area contributed by atoms with Gasteiger partial charge in [0, 0.05) is 43.7 Å². The zero-order valence-corrected chi connectivity index (χ0v) is 14.0. The van der Waals surface area contributed by atoms with Gasteiger partial charge in [0.2, 0.25) is 5.91 Å². The van der Waals surface area contributed by atoms with Gasteiger partial charge in [0.1, 0.15) is 5.88 Å². The summed E-state index contributed by atoms with van der Waals surface area (Å²) >= 11 is 5.72. The molecule has 23 heavy (non-hydrogen) atoms. The van der Waals surface area contributed by atoms with Crippen molar-refractivity contribution in [2.45, 2.75) is 44.6 Å². The molecule has 0 bridgehead atoms. The minimum absolute atomic E-state index is 0.0483. The lowest BCUT2D eigenvalue weighted by molar-refractivity contribution is -0.130. The first-order valence-corrected chi connectivity index (χ1v) is 8.58. The van der Waals surface area contributed by atoms with Gasteiger partial charge in [0.05, 0.1) is 6.20 Å². The number of carbonyl (C=O) groups is 1. The molecule has 7 heteroatoms. The Morgan fingerprint density at radius 3 is 2.61 bits per heavy atom. The third-order valence-electron chi connectivity index (χ3n) is 5.35. The molecule has 2 aliphatic carbocycles. The lowest BCUT2D eigenvalue weighted by Gasteiger charge is -2.32. The van der Waals surface area contributed by atoms with Crippen molar-refractivity contribution in [2.24, 2.45) is 18.4 Å². The smallest absolute Gasteiger partial charge is 0.254 e. The number of nitrogens with zero attached hydrogens (tertiary/aromatic N) is 3. The number of aromatic nitrogens is 2. The highest BCUT2D eigenvalue weighted by Crippen LogP contribution is 2.67. The van der Waals surface area contributed by atoms with Crippen molar-refractivity contribution in [1.29, 1.82) is 0 Å². The van der Waals surface area contributed by atoms with Crippen LogP contribution < -0.4 is 0 Å². The van der Waals surface area contributed by atoms with Crippen LogP contribution in [0.4, 0.5) is 8.78 Å². The van der Waals surface area contributed by atoms with Crippen LogP contribution in [0, 0.1) is 11.3 Å². The molecule has 0 radical (unpaired) electrons. The molecule has 0 atom stereocenters. The first-order chi connectivity index (χ1) is 10.9. The molecule has 0 N–H and O–H groups in total. The standard InChI is InChI=1S/C16H22ClF2N3O/c1-21-8-13(7-20-21)10-22(14(23)6-17)9-12-2-4-15(5-3-12)11-16(15,18)19/h7-8,12H,2-6,9-11H2,1H3. The van der Waals surface area contributed by atoms with E-state index in [9.17, 15) is 13.6 Å². The average molecular weight is 346 g/mol. The molecule has 128 valence electrons. The molecule has 2 aliphatic rings. The lowest BCUT2D eigenvalue weighted by atomic mass is 9.79. The van der Waals surface area contributed by atoms with Gasteiger partial charge in [-0.25, -0.2) is 8.78 Å². The molecule has 0 unspecified atom stereocenters. The summed E-state index contributed by atoms with van der Waals surface area (Å²) in [5, 5.41) is 4.11. The number of carbonyl (C=O) groups excluding carboxylic acids is 1. The van der Waals surface area contributed by atoms with Gasteiger partial charge >= 0.3 is 0 Å². The van der Waals surface area contributed by atoms with Gasteiger partial charge in [0.15, 0.2) is 0 Å². The van der Waals surface area contributed by atoms with Crippen molar-refractivity contribution < 1.29 is 13.6 Å². The summed E-state index contributed by atoms with van der Waals surface area (Å²) < 4.78 is 28.6. The molecule has 0 aliphatic heterocycles. The highest BCUT2D eigenvalue weighted by atomic mass is 35.5. The van der Waals surface area contributed by atoms with Crippen LogP contribution in [-0.2, 0) is 18.4 Å². The molecular formula is C16H22ClF2N3O. The summed E-state index contributed by atoms with van der Waals surface area (Å²) in [5.41, 5.74) is 0.223. The summed E-state index contributed by atoms with van der Waals surface area (Å²) in [6.45, 7) is 1.05. The Hall–Kier alpha value is -1.17. The molecule has 2 fully saturated rings. The Morgan fingerprint density at radius 2 is 2.13 bits per heavy atom. The van der Waals surface area contributed by atoms with Crippen molar-refractivity contribution in [3.8, 4) is 0 Å². The quantitative estimate of drug-likeness (QED) is 0.769. The van der Waals surface area contributed by atoms with Crippen LogP contribution in [0.5, 0.6) is 0 Å². The highest BCUT2D eigenvalue weighted by molar-refractivity contribution is 6.27. The average Bonchev–Trinajstić information content (AvgIpc) is 2.81. The predicted octanol–water partition coefficient (Wildman–Crippen LogP) is 3.20. The van der Waals surface area contributed by atoms with Gasteiger partial charge < -0.3 is 4.90 Å². The fourth-order valence-corrected chi connectivity index (χ4v) is 3.93. The lowest BCUT2D eigenvalue weighted by Crippen LogP contribution is -2.37. The van der Waals surface area contributed by atoms with Gasteiger partial charge in [-0.05, 0) is 31.6 Å². The molecule has 1 spiro atoms. The minimum atomic E-state index is -2.46. The first-order valence-electron chi connectivity index (χ1n) is 8.04. The van der Waals surface area contributed by atoms with Crippen molar-refractivity contribution in [2.75, 3.05) is 12.4 Å². The molecule has 3 rings (SSSR count). The Morgan fingerprint density at radius 1 is 1.48 bits per heavy atom. The van der Waals surface area contributed by atoms with E-state index in [0.717, 1.165) is 18.4 Å². The largest absolute Gasteiger partial charge is 0.337 e. The number of rotatable bonds is 5. The van der Waals surface area contributed by atoms with Crippen LogP contribution in [0.1, 0.15) is 37.7 Å². The normalized spacial score (nSPS) is 28.8. The molecular weight excluding hydrogens is 324 g/mol. The maximum absolute atomic E-state index is 13.4. The maximum atomic E-state index is 13.4. The second-order valence-corrected chi connectivity index (χ2v) is 7.30. The topological polar surface area (TPSA) is 38.1 Å². The number of aryl methyl sites for hydroxylation is 1. The molecule has 1 amide bonds. The summed E-state index contributed by atoms with van der Waals surface area (Å²) in [4.78, 5) is 13.8. The summed E-state index contributed by atoms with van der Waals surface area (Å²) in [6, 6.07) is 0. The minimum Gasteiger partial charge on any atom is -0.337 e. The van der Waals surface area contributed by atoms with Crippen LogP contribution in [0.15, 0.2) is 12.4 Å². The van der Waals surface area contributed by atoms with E-state index in [1.54, 1.807) is 15.8 Å². The highest BCUT2D eigenvalue weighted by Gasteiger charge is 2.70. The Balaban J connectivity index is 1.58. The second-order valence-electron chi connectivity index (χ2n) is 7.04. The number of amides is 1. The van der Waals surface area contributed by atoms with Gasteiger partial charge in [-0.15, -0.1) is 11.6 Å². The maximum Gasteiger partial charge on any atom is 0.254 e. The third-order valence-corrected chi connectivity index (χ3v) is 5.58. The molecule has 1 heterocycles. The number of hydrogen-bond donors (Lipinski definition) is 0. The summed E-state index contributed by atoms with van der Waals surface area (Å²) in [6.07, 6.45) is 6.31. The van der Waals surface area contributed by atoms with Gasteiger partial charge in [-0.2, -0.15) is 5.10 Å². The van der Waals surface area contributed by atoms with Gasteiger partial charge in [0.25, 0.3) is 5.92 Å². The van der Waals surface area contributed by atoms with E-state index >= 15 is 0 Å². The summed E-state index contributed by atoms with van der Waals surface area (Å²) in [5.74, 6) is -2.36. The Bertz CT molecular complexity index is 582. The van der Waals surface area contributed by atoms with Gasteiger partial charge in [-0.3, -0.25) is 9.48 Å². The molecule has 1 aromatic rings. The summed E-state index contributed by atoms with van der Waals surface area (Å²) in [7, 11) is 1.83. The monoisotopic (exact) mass is 345 g/mol. The molecule has 0 saturated heterocycles. The predicted molar refractivity (Wildman–Crippen MR) is 83.3 cm³/mol. The van der Waals surface area contributed by atoms with Crippen LogP contribution >= 0.6 is 11.6 Å². The van der Waals surface area contributed by atoms with E-state index in [1.807, 2.05) is 13.2 Å². The van der Waals surface area contributed by atoms with E-state index in [1.165, 1.54) is 0 Å². The fourth-order valence-electron chi connectivity index (χ4n) is 3.76. The number of halogens is 3. The number of alkyl halides is 3. The van der Waals surface area contributed by atoms with Crippen molar-refractivity contribution >= 4 is 17.5 Å². The third kappa shape index (κ3) is 3.37. The van der Waals surface area contributed by atoms with Crippen molar-refractivity contribution in [3.05, 3.63) is 18.0 Å². The van der Waals surface area contributed by atoms with Crippen molar-refractivity contribution in [3.63, 3.8) is 0 Å². The van der Waals surface area contributed by atoms with Crippen LogP contribution in [0.3, 0.4) is 0 Å². The van der Waals surface area contributed by atoms with E-state index in [4.69, 9.17) is 11.6 Å². The number of hydrogen-bond acceptors (Lipinski definition) is 2. The molecule has 2 saturated carbocycles. The van der Waals surface area contributed by atoms with Crippen LogP contribution in [0.25, 0.3) is 0 Å². The molecule has 1 aromatic heterocycles. The Labute approximate surface area is 139 Å². The van der Waals surface area contributed by atoms with E-state index < -0.39 is 11.3 Å². The molecule has 0 aromatic carbocycles.